The van der Waals surface area contributed by atoms with Crippen molar-refractivity contribution < 1.29 is 4.79 Å². The predicted octanol–water partition coefficient (Wildman–Crippen LogP) is 6.82. The van der Waals surface area contributed by atoms with Crippen LogP contribution in [0.5, 0.6) is 0 Å². The average molecular weight is 497 g/mol. The first kappa shape index (κ1) is 23.2. The highest BCUT2D eigenvalue weighted by Gasteiger charge is 2.45. The summed E-state index contributed by atoms with van der Waals surface area (Å²) in [5.41, 5.74) is 2.88. The van der Waals surface area contributed by atoms with Gasteiger partial charge in [-0.05, 0) is 72.3 Å². The first-order valence-electron chi connectivity index (χ1n) is 12.5. The third-order valence-corrected chi connectivity index (χ3v) is 11.4. The lowest BCUT2D eigenvalue weighted by molar-refractivity contribution is 0.0965. The molecule has 1 heterocycles. The van der Waals surface area contributed by atoms with Crippen molar-refractivity contribution in [3.8, 4) is 0 Å². The summed E-state index contributed by atoms with van der Waals surface area (Å²) in [4.78, 5) is 13.2. The van der Waals surface area contributed by atoms with Crippen LogP contribution in [0.3, 0.4) is 0 Å². The van der Waals surface area contributed by atoms with Crippen LogP contribution >= 0.6 is 7.26 Å². The van der Waals surface area contributed by atoms with Gasteiger partial charge in [-0.2, -0.15) is 0 Å². The molecule has 0 atom stereocenters. The van der Waals surface area contributed by atoms with Crippen molar-refractivity contribution in [3.63, 3.8) is 0 Å². The molecule has 6 rings (SSSR count). The van der Waals surface area contributed by atoms with Gasteiger partial charge in [0, 0.05) is 17.1 Å². The summed E-state index contributed by atoms with van der Waals surface area (Å²) in [6, 6.07) is 50.9. The van der Waals surface area contributed by atoms with Crippen LogP contribution in [-0.4, -0.2) is 10.5 Å². The molecule has 3 heteroatoms. The van der Waals surface area contributed by atoms with Crippen molar-refractivity contribution in [2.75, 3.05) is 0 Å². The fourth-order valence-electron chi connectivity index (χ4n) is 5.23. The molecule has 0 saturated heterocycles. The molecule has 0 bridgehead atoms. The molecule has 0 amide bonds. The van der Waals surface area contributed by atoms with E-state index >= 15 is 0 Å². The van der Waals surface area contributed by atoms with E-state index in [-0.39, 0.29) is 5.91 Å². The van der Waals surface area contributed by atoms with Gasteiger partial charge >= 0.3 is 0 Å². The second kappa shape index (κ2) is 10.0. The lowest BCUT2D eigenvalue weighted by atomic mass is 10.2. The number of nitrogens with zero attached hydrogens (tertiary/aromatic N) is 1. The van der Waals surface area contributed by atoms with E-state index in [1.807, 2.05) is 42.6 Å². The zero-order valence-corrected chi connectivity index (χ0v) is 21.3. The minimum atomic E-state index is -1.99. The molecule has 0 unspecified atom stereocenters. The molecule has 37 heavy (non-hydrogen) atoms. The Morgan fingerprint density at radius 2 is 1.05 bits per heavy atom. The van der Waals surface area contributed by atoms with Gasteiger partial charge in [0.25, 0.3) is 5.91 Å². The van der Waals surface area contributed by atoms with E-state index in [0.29, 0.717) is 5.56 Å². The fourth-order valence-corrected chi connectivity index (χ4v) is 9.46. The van der Waals surface area contributed by atoms with Gasteiger partial charge in [-0.1, -0.05) is 78.9 Å². The van der Waals surface area contributed by atoms with Gasteiger partial charge in [0.2, 0.25) is 0 Å². The summed E-state index contributed by atoms with van der Waals surface area (Å²) in [6.07, 6.45) is 2.79. The Morgan fingerprint density at radius 3 is 1.57 bits per heavy atom. The molecule has 0 radical (unpaired) electrons. The second-order valence-corrected chi connectivity index (χ2v) is 12.7. The topological polar surface area (TPSA) is 22.0 Å². The fraction of sp³-hybridized carbons (Fsp3) is 0.0294. The molecule has 5 aromatic carbocycles. The average Bonchev–Trinajstić information content (AvgIpc) is 3.40. The maximum atomic E-state index is 13.2. The molecule has 6 aromatic rings. The molecule has 0 spiro atoms. The van der Waals surface area contributed by atoms with E-state index < -0.39 is 7.26 Å². The maximum absolute atomic E-state index is 13.2. The van der Waals surface area contributed by atoms with E-state index in [1.165, 1.54) is 21.5 Å². The number of aromatic nitrogens is 1. The van der Waals surface area contributed by atoms with Gasteiger partial charge in [-0.25, -0.2) is 0 Å². The van der Waals surface area contributed by atoms with Gasteiger partial charge in [0.05, 0.1) is 11.7 Å². The van der Waals surface area contributed by atoms with Crippen LogP contribution in [-0.2, 0) is 6.16 Å². The molecular formula is C34H27NOP+. The molecule has 0 N–H and O–H groups in total. The van der Waals surface area contributed by atoms with Crippen LogP contribution in [0.2, 0.25) is 0 Å². The minimum absolute atomic E-state index is 0.0111. The lowest BCUT2D eigenvalue weighted by Gasteiger charge is -2.28. The maximum Gasteiger partial charge on any atom is 0.262 e. The molecule has 1 aromatic heterocycles. The Bertz CT molecular complexity index is 1550. The lowest BCUT2D eigenvalue weighted by Crippen LogP contribution is -2.32. The van der Waals surface area contributed by atoms with E-state index in [4.69, 9.17) is 0 Å². The molecule has 2 nitrogen and oxygen atoms in total. The Labute approximate surface area is 218 Å². The predicted molar refractivity (Wildman–Crippen MR) is 157 cm³/mol. The highest BCUT2D eigenvalue weighted by Crippen LogP contribution is 2.58. The number of rotatable bonds is 6. The SMILES string of the molecule is O=C(c1ccccc1)n1ccc2cc(C[P+](c3ccccc3)(c3ccccc3)c3ccccc3)ccc21. The van der Waals surface area contributed by atoms with Crippen LogP contribution in [0.4, 0.5) is 0 Å². The highest BCUT2D eigenvalue weighted by molar-refractivity contribution is 7.95. The summed E-state index contributed by atoms with van der Waals surface area (Å²) in [5, 5.41) is 5.17. The quantitative estimate of drug-likeness (QED) is 0.232. The van der Waals surface area contributed by atoms with Crippen LogP contribution in [0.25, 0.3) is 10.9 Å². The number of fused-ring (bicyclic) bond motifs is 1. The first-order chi connectivity index (χ1) is 18.3. The number of carbonyl (C=O) groups excluding carboxylic acids is 1. The zero-order chi connectivity index (χ0) is 25.1. The van der Waals surface area contributed by atoms with Gasteiger partial charge in [0.15, 0.2) is 0 Å². The summed E-state index contributed by atoms with van der Waals surface area (Å²) in [5.74, 6) is -0.0111. The largest absolute Gasteiger partial charge is 0.283 e. The standard InChI is InChI=1S/C34H27NOP/c36-34(28-13-5-1-6-14-28)35-24-23-29-25-27(21-22-33(29)35)26-37(30-15-7-2-8-16-30,31-17-9-3-10-18-31)32-19-11-4-12-20-32/h1-25H,26H2/q+1. The summed E-state index contributed by atoms with van der Waals surface area (Å²) >= 11 is 0. The summed E-state index contributed by atoms with van der Waals surface area (Å²) in [6.45, 7) is 0. The molecule has 0 aliphatic rings. The minimum Gasteiger partial charge on any atom is -0.283 e. The Kier molecular flexibility index (Phi) is 6.26. The van der Waals surface area contributed by atoms with E-state index in [9.17, 15) is 4.79 Å². The van der Waals surface area contributed by atoms with Crippen molar-refractivity contribution in [3.05, 3.63) is 163 Å². The third kappa shape index (κ3) is 4.31. The number of benzene rings is 5. The van der Waals surface area contributed by atoms with Gasteiger partial charge in [-0.15, -0.1) is 0 Å². The Hall–Kier alpha value is -4.26. The number of hydrogen-bond donors (Lipinski definition) is 0. The number of carbonyl (C=O) groups is 1. The molecule has 0 aliphatic carbocycles. The van der Waals surface area contributed by atoms with Crippen LogP contribution in [0, 0.1) is 0 Å². The van der Waals surface area contributed by atoms with Gasteiger partial charge < -0.3 is 0 Å². The molecule has 0 fully saturated rings. The summed E-state index contributed by atoms with van der Waals surface area (Å²) in [7, 11) is -1.99. The van der Waals surface area contributed by atoms with Gasteiger partial charge in [0.1, 0.15) is 23.2 Å². The Balaban J connectivity index is 1.48. The highest BCUT2D eigenvalue weighted by atomic mass is 31.2. The van der Waals surface area contributed by atoms with Crippen molar-refractivity contribution in [1.29, 1.82) is 0 Å². The first-order valence-corrected chi connectivity index (χ1v) is 14.5. The third-order valence-electron chi connectivity index (χ3n) is 7.00. The molecule has 178 valence electrons. The van der Waals surface area contributed by atoms with Crippen LogP contribution in [0.15, 0.2) is 152 Å². The Morgan fingerprint density at radius 1 is 0.568 bits per heavy atom. The van der Waals surface area contributed by atoms with E-state index in [1.54, 1.807) is 4.57 Å². The van der Waals surface area contributed by atoms with Crippen molar-refractivity contribution in [1.82, 2.24) is 4.57 Å². The van der Waals surface area contributed by atoms with E-state index in [0.717, 1.165) is 17.1 Å². The van der Waals surface area contributed by atoms with Gasteiger partial charge in [-0.3, -0.25) is 9.36 Å². The van der Waals surface area contributed by atoms with Crippen molar-refractivity contribution in [2.45, 2.75) is 6.16 Å². The second-order valence-electron chi connectivity index (χ2n) is 9.22. The summed E-state index contributed by atoms with van der Waals surface area (Å²) < 4.78 is 1.75. The normalized spacial score (nSPS) is 11.5. The van der Waals surface area contributed by atoms with Crippen LogP contribution in [0.1, 0.15) is 15.9 Å². The van der Waals surface area contributed by atoms with Crippen molar-refractivity contribution >= 4 is 40.0 Å². The molecule has 0 saturated carbocycles. The monoisotopic (exact) mass is 496 g/mol. The number of hydrogen-bond acceptors (Lipinski definition) is 1. The molecule has 0 aliphatic heterocycles. The smallest absolute Gasteiger partial charge is 0.262 e. The van der Waals surface area contributed by atoms with E-state index in [2.05, 4.69) is 109 Å². The zero-order valence-electron chi connectivity index (χ0n) is 20.4. The molecular weight excluding hydrogens is 469 g/mol. The van der Waals surface area contributed by atoms with Crippen LogP contribution < -0.4 is 15.9 Å². The van der Waals surface area contributed by atoms with Crippen molar-refractivity contribution in [2.24, 2.45) is 0 Å².